The number of ether oxygens (including phenoxy) is 1. The van der Waals surface area contributed by atoms with Crippen molar-refractivity contribution >= 4 is 11.8 Å². The van der Waals surface area contributed by atoms with Gasteiger partial charge in [0, 0.05) is 24.3 Å². The van der Waals surface area contributed by atoms with Crippen LogP contribution in [0.1, 0.15) is 58.8 Å². The quantitative estimate of drug-likeness (QED) is 0.235. The molecule has 27 heavy (non-hydrogen) atoms. The zero-order valence-corrected chi connectivity index (χ0v) is 16.5. The van der Waals surface area contributed by atoms with Crippen molar-refractivity contribution in [3.8, 4) is 0 Å². The number of aliphatic hydroxyl groups is 2. The van der Waals surface area contributed by atoms with E-state index in [1.165, 1.54) is 6.08 Å². The summed E-state index contributed by atoms with van der Waals surface area (Å²) in [6.45, 7) is 4.23. The topological polar surface area (TPSA) is 83.8 Å². The number of allylic oxidation sites excluding steroid dienone is 4. The molecule has 5 heteroatoms. The molecule has 0 heterocycles. The van der Waals surface area contributed by atoms with Crippen molar-refractivity contribution in [2.75, 3.05) is 6.61 Å². The van der Waals surface area contributed by atoms with Gasteiger partial charge in [-0.2, -0.15) is 0 Å². The summed E-state index contributed by atoms with van der Waals surface area (Å²) in [6.07, 6.45) is 14.4. The number of ketones is 1. The average molecular weight is 379 g/mol. The van der Waals surface area contributed by atoms with Crippen molar-refractivity contribution in [2.45, 2.75) is 71.0 Å². The minimum atomic E-state index is -0.649. The van der Waals surface area contributed by atoms with E-state index in [2.05, 4.69) is 6.92 Å². The van der Waals surface area contributed by atoms with Gasteiger partial charge in [0.2, 0.25) is 0 Å². The minimum absolute atomic E-state index is 0.0279. The number of rotatable bonds is 12. The molecule has 0 amide bonds. The second-order valence-corrected chi connectivity index (χ2v) is 6.97. The van der Waals surface area contributed by atoms with Crippen LogP contribution in [0.2, 0.25) is 0 Å². The molecule has 0 unspecified atom stereocenters. The van der Waals surface area contributed by atoms with Crippen LogP contribution < -0.4 is 0 Å². The van der Waals surface area contributed by atoms with Crippen LogP contribution in [0.25, 0.3) is 0 Å². The second kappa shape index (κ2) is 13.4. The zero-order valence-electron chi connectivity index (χ0n) is 16.5. The Kier molecular flexibility index (Phi) is 11.6. The maximum absolute atomic E-state index is 12.2. The zero-order chi connectivity index (χ0) is 20.1. The lowest BCUT2D eigenvalue weighted by molar-refractivity contribution is -0.137. The van der Waals surface area contributed by atoms with Gasteiger partial charge in [0.1, 0.15) is 5.78 Å². The lowest BCUT2D eigenvalue weighted by Crippen LogP contribution is -2.19. The van der Waals surface area contributed by atoms with E-state index in [1.54, 1.807) is 25.2 Å². The maximum atomic E-state index is 12.2. The molecule has 4 atom stereocenters. The van der Waals surface area contributed by atoms with Gasteiger partial charge in [-0.1, -0.05) is 56.6 Å². The highest BCUT2D eigenvalue weighted by atomic mass is 16.5. The fourth-order valence-electron chi connectivity index (χ4n) is 3.26. The van der Waals surface area contributed by atoms with Crippen molar-refractivity contribution in [1.82, 2.24) is 0 Å². The Morgan fingerprint density at radius 1 is 1.26 bits per heavy atom. The van der Waals surface area contributed by atoms with E-state index in [-0.39, 0.29) is 30.0 Å². The molecule has 1 rings (SSSR count). The summed E-state index contributed by atoms with van der Waals surface area (Å²) in [7, 11) is 0. The molecule has 0 aromatic rings. The Labute approximate surface area is 162 Å². The van der Waals surface area contributed by atoms with Crippen LogP contribution in [-0.4, -0.2) is 40.8 Å². The first-order valence-electron chi connectivity index (χ1n) is 10.0. The van der Waals surface area contributed by atoms with Crippen LogP contribution >= 0.6 is 0 Å². The van der Waals surface area contributed by atoms with Gasteiger partial charge in [-0.15, -0.1) is 0 Å². The fraction of sp³-hybridized carbons (Fsp3) is 0.636. The van der Waals surface area contributed by atoms with Gasteiger partial charge >= 0.3 is 5.97 Å². The Hall–Kier alpha value is -1.72. The molecule has 0 aliphatic heterocycles. The first kappa shape index (κ1) is 23.3. The molecule has 0 saturated heterocycles. The molecule has 0 aromatic heterocycles. The Bertz CT molecular complexity index is 535. The van der Waals surface area contributed by atoms with Gasteiger partial charge < -0.3 is 14.9 Å². The fourth-order valence-corrected chi connectivity index (χ4v) is 3.26. The molecule has 0 radical (unpaired) electrons. The molecular formula is C22H34O5. The van der Waals surface area contributed by atoms with E-state index in [9.17, 15) is 19.8 Å². The Morgan fingerprint density at radius 2 is 2.04 bits per heavy atom. The molecule has 0 spiro atoms. The standard InChI is InChI=1S/C22H34O5/c1-3-5-8-11-17(23)14-15-19-18(20(24)16-21(19)25)12-9-6-7-10-13-22(26)27-4-2/h6,9-10,13-15,17-20,23-24H,3-5,7-8,11-12,16H2,1-2H3/t17-,18+,19+,20-/m0/s1. The highest BCUT2D eigenvalue weighted by Crippen LogP contribution is 2.33. The van der Waals surface area contributed by atoms with Crippen LogP contribution in [0.4, 0.5) is 0 Å². The van der Waals surface area contributed by atoms with Crippen LogP contribution in [-0.2, 0) is 14.3 Å². The number of hydrogen-bond donors (Lipinski definition) is 2. The molecule has 1 fully saturated rings. The third kappa shape index (κ3) is 9.16. The third-order valence-corrected chi connectivity index (χ3v) is 4.77. The summed E-state index contributed by atoms with van der Waals surface area (Å²) in [5.74, 6) is -0.840. The molecule has 1 saturated carbocycles. The average Bonchev–Trinajstić information content (AvgIpc) is 2.89. The van der Waals surface area contributed by atoms with E-state index in [4.69, 9.17) is 4.74 Å². The summed E-state index contributed by atoms with van der Waals surface area (Å²) >= 11 is 0. The van der Waals surface area contributed by atoms with E-state index < -0.39 is 12.2 Å². The summed E-state index contributed by atoms with van der Waals surface area (Å²) in [4.78, 5) is 23.3. The van der Waals surface area contributed by atoms with E-state index in [0.717, 1.165) is 19.3 Å². The molecule has 1 aliphatic rings. The molecule has 0 aromatic carbocycles. The lowest BCUT2D eigenvalue weighted by Gasteiger charge is -2.17. The van der Waals surface area contributed by atoms with Crippen molar-refractivity contribution in [2.24, 2.45) is 11.8 Å². The minimum Gasteiger partial charge on any atom is -0.463 e. The molecule has 152 valence electrons. The first-order valence-corrected chi connectivity index (χ1v) is 10.0. The largest absolute Gasteiger partial charge is 0.463 e. The van der Waals surface area contributed by atoms with E-state index in [1.807, 2.05) is 12.2 Å². The molecule has 0 bridgehead atoms. The van der Waals surface area contributed by atoms with Gasteiger partial charge in [-0.3, -0.25) is 4.79 Å². The van der Waals surface area contributed by atoms with Crippen molar-refractivity contribution in [1.29, 1.82) is 0 Å². The molecule has 1 aliphatic carbocycles. The summed E-state index contributed by atoms with van der Waals surface area (Å²) in [5, 5.41) is 20.2. The predicted molar refractivity (Wildman–Crippen MR) is 106 cm³/mol. The van der Waals surface area contributed by atoms with Gasteiger partial charge in [0.25, 0.3) is 0 Å². The number of carbonyl (C=O) groups is 2. The van der Waals surface area contributed by atoms with Crippen LogP contribution in [0.5, 0.6) is 0 Å². The highest BCUT2D eigenvalue weighted by molar-refractivity contribution is 5.86. The van der Waals surface area contributed by atoms with Gasteiger partial charge in [0.15, 0.2) is 0 Å². The van der Waals surface area contributed by atoms with Gasteiger partial charge in [-0.05, 0) is 26.2 Å². The van der Waals surface area contributed by atoms with Gasteiger partial charge in [0.05, 0.1) is 18.8 Å². The number of unbranched alkanes of at least 4 members (excludes halogenated alkanes) is 2. The number of hydrogen-bond acceptors (Lipinski definition) is 5. The first-order chi connectivity index (χ1) is 13.0. The maximum Gasteiger partial charge on any atom is 0.330 e. The summed E-state index contributed by atoms with van der Waals surface area (Å²) in [5.41, 5.74) is 0. The van der Waals surface area contributed by atoms with E-state index in [0.29, 0.717) is 25.9 Å². The van der Waals surface area contributed by atoms with Gasteiger partial charge in [-0.25, -0.2) is 4.79 Å². The van der Waals surface area contributed by atoms with Crippen molar-refractivity contribution < 1.29 is 24.5 Å². The number of aliphatic hydroxyl groups excluding tert-OH is 2. The number of carbonyl (C=O) groups excluding carboxylic acids is 2. The van der Waals surface area contributed by atoms with Crippen molar-refractivity contribution in [3.63, 3.8) is 0 Å². The predicted octanol–water partition coefficient (Wildman–Crippen LogP) is 3.51. The normalized spacial score (nSPS) is 24.4. The molecular weight excluding hydrogens is 344 g/mol. The van der Waals surface area contributed by atoms with Crippen LogP contribution in [0.3, 0.4) is 0 Å². The third-order valence-electron chi connectivity index (χ3n) is 4.77. The number of Topliss-reactive ketones (excluding diaryl/α,β-unsaturated/α-hetero) is 1. The SMILES string of the molecule is CCCCC[C@H](O)C=C[C@H]1C(=O)C[C@H](O)[C@@H]1CC=CCC=CC(=O)OCC. The summed E-state index contributed by atoms with van der Waals surface area (Å²) in [6, 6.07) is 0. The number of esters is 1. The summed E-state index contributed by atoms with van der Waals surface area (Å²) < 4.78 is 4.80. The monoisotopic (exact) mass is 378 g/mol. The van der Waals surface area contributed by atoms with E-state index >= 15 is 0 Å². The second-order valence-electron chi connectivity index (χ2n) is 6.97. The smallest absolute Gasteiger partial charge is 0.330 e. The Balaban J connectivity index is 2.50. The molecule has 5 nitrogen and oxygen atoms in total. The van der Waals surface area contributed by atoms with Crippen LogP contribution in [0, 0.1) is 11.8 Å². The molecule has 2 N–H and O–H groups in total. The lowest BCUT2D eigenvalue weighted by atomic mass is 9.90. The Morgan fingerprint density at radius 3 is 2.74 bits per heavy atom. The van der Waals surface area contributed by atoms with Crippen LogP contribution in [0.15, 0.2) is 36.5 Å². The van der Waals surface area contributed by atoms with Crippen molar-refractivity contribution in [3.05, 3.63) is 36.5 Å². The highest BCUT2D eigenvalue weighted by Gasteiger charge is 2.39.